The Morgan fingerprint density at radius 1 is 1.35 bits per heavy atom. The molecule has 1 fully saturated rings. The van der Waals surface area contributed by atoms with E-state index in [0.717, 1.165) is 31.6 Å². The zero-order valence-electron chi connectivity index (χ0n) is 11.7. The van der Waals surface area contributed by atoms with Crippen molar-refractivity contribution in [3.05, 3.63) is 27.7 Å². The van der Waals surface area contributed by atoms with E-state index in [1.165, 1.54) is 18.9 Å². The van der Waals surface area contributed by atoms with Crippen molar-refractivity contribution in [1.82, 2.24) is 4.90 Å². The molecule has 1 aromatic carbocycles. The standard InChI is InChI=1S/C15H21Cl2NO2/c1-18(8-7-11-4-2-3-9-20-11)10-12-13(16)5-6-14(19)15(12)17/h5-6,11,19H,2-4,7-10H2,1H3. The topological polar surface area (TPSA) is 32.7 Å². The summed E-state index contributed by atoms with van der Waals surface area (Å²) in [6.45, 7) is 2.43. The number of rotatable bonds is 5. The fraction of sp³-hybridized carbons (Fsp3) is 0.600. The first-order valence-electron chi connectivity index (χ1n) is 7.04. The molecule has 0 amide bonds. The summed E-state index contributed by atoms with van der Waals surface area (Å²) in [7, 11) is 2.03. The zero-order valence-corrected chi connectivity index (χ0v) is 13.3. The van der Waals surface area contributed by atoms with Gasteiger partial charge in [0, 0.05) is 30.3 Å². The second-order valence-electron chi connectivity index (χ2n) is 5.37. The van der Waals surface area contributed by atoms with Gasteiger partial charge in [-0.15, -0.1) is 0 Å². The highest BCUT2D eigenvalue weighted by atomic mass is 35.5. The maximum Gasteiger partial charge on any atom is 0.134 e. The quantitative estimate of drug-likeness (QED) is 0.887. The van der Waals surface area contributed by atoms with Crippen LogP contribution in [0, 0.1) is 0 Å². The summed E-state index contributed by atoms with van der Waals surface area (Å²) in [5.41, 5.74) is 0.778. The van der Waals surface area contributed by atoms with E-state index in [1.807, 2.05) is 7.05 Å². The Kier molecular flexibility index (Phi) is 5.97. The van der Waals surface area contributed by atoms with Gasteiger partial charge in [0.15, 0.2) is 0 Å². The Morgan fingerprint density at radius 3 is 2.85 bits per heavy atom. The molecule has 112 valence electrons. The maximum absolute atomic E-state index is 9.64. The fourth-order valence-corrected chi connectivity index (χ4v) is 2.97. The smallest absolute Gasteiger partial charge is 0.134 e. The van der Waals surface area contributed by atoms with E-state index in [0.29, 0.717) is 22.7 Å². The molecule has 1 N–H and O–H groups in total. The second kappa shape index (κ2) is 7.51. The minimum atomic E-state index is 0.0788. The monoisotopic (exact) mass is 317 g/mol. The van der Waals surface area contributed by atoms with Crippen molar-refractivity contribution in [1.29, 1.82) is 0 Å². The van der Waals surface area contributed by atoms with Crippen LogP contribution < -0.4 is 0 Å². The van der Waals surface area contributed by atoms with E-state index >= 15 is 0 Å². The van der Waals surface area contributed by atoms with Crippen molar-refractivity contribution in [2.24, 2.45) is 0 Å². The molecule has 5 heteroatoms. The lowest BCUT2D eigenvalue weighted by Crippen LogP contribution is -2.26. The molecule has 0 spiro atoms. The number of benzene rings is 1. The average molecular weight is 318 g/mol. The summed E-state index contributed by atoms with van der Waals surface area (Å²) in [5, 5.41) is 10.6. The Labute approximate surface area is 130 Å². The molecule has 0 aromatic heterocycles. The van der Waals surface area contributed by atoms with E-state index in [9.17, 15) is 5.11 Å². The van der Waals surface area contributed by atoms with Crippen LogP contribution in [-0.2, 0) is 11.3 Å². The third-order valence-electron chi connectivity index (χ3n) is 3.70. The minimum Gasteiger partial charge on any atom is -0.506 e. The molecule has 1 aliphatic heterocycles. The van der Waals surface area contributed by atoms with Gasteiger partial charge in [-0.3, -0.25) is 0 Å². The predicted octanol–water partition coefficient (Wildman–Crippen LogP) is 4.09. The van der Waals surface area contributed by atoms with Crippen molar-refractivity contribution in [2.75, 3.05) is 20.2 Å². The molecule has 3 nitrogen and oxygen atoms in total. The number of phenolic OH excluding ortho intramolecular Hbond substituents is 1. The van der Waals surface area contributed by atoms with Crippen molar-refractivity contribution in [3.63, 3.8) is 0 Å². The second-order valence-corrected chi connectivity index (χ2v) is 6.16. The van der Waals surface area contributed by atoms with Gasteiger partial charge in [-0.05, 0) is 44.9 Å². The average Bonchev–Trinajstić information content (AvgIpc) is 2.46. The van der Waals surface area contributed by atoms with E-state index < -0.39 is 0 Å². The van der Waals surface area contributed by atoms with Gasteiger partial charge in [0.05, 0.1) is 11.1 Å². The first-order chi connectivity index (χ1) is 9.58. The van der Waals surface area contributed by atoms with E-state index in [1.54, 1.807) is 6.07 Å². The van der Waals surface area contributed by atoms with Gasteiger partial charge in [-0.25, -0.2) is 0 Å². The summed E-state index contributed by atoms with van der Waals surface area (Å²) in [6.07, 6.45) is 4.99. The summed E-state index contributed by atoms with van der Waals surface area (Å²) in [4.78, 5) is 2.16. The number of phenols is 1. The number of ether oxygens (including phenoxy) is 1. The number of halogens is 2. The van der Waals surface area contributed by atoms with Gasteiger partial charge in [0.25, 0.3) is 0 Å². The fourth-order valence-electron chi connectivity index (χ4n) is 2.48. The van der Waals surface area contributed by atoms with Crippen LogP contribution in [-0.4, -0.2) is 36.3 Å². The van der Waals surface area contributed by atoms with E-state index in [2.05, 4.69) is 4.90 Å². The first-order valence-corrected chi connectivity index (χ1v) is 7.79. The van der Waals surface area contributed by atoms with Crippen LogP contribution in [0.1, 0.15) is 31.2 Å². The molecule has 1 atom stereocenters. The molecular formula is C15H21Cl2NO2. The first kappa shape index (κ1) is 15.9. The van der Waals surface area contributed by atoms with Crippen LogP contribution in [0.2, 0.25) is 10.0 Å². The van der Waals surface area contributed by atoms with E-state index in [-0.39, 0.29) is 5.75 Å². The lowest BCUT2D eigenvalue weighted by Gasteiger charge is -2.25. The molecule has 1 heterocycles. The zero-order chi connectivity index (χ0) is 14.5. The van der Waals surface area contributed by atoms with E-state index in [4.69, 9.17) is 27.9 Å². The number of aromatic hydroxyl groups is 1. The van der Waals surface area contributed by atoms with Crippen LogP contribution in [0.3, 0.4) is 0 Å². The summed E-state index contributed by atoms with van der Waals surface area (Å²) in [5.74, 6) is 0.0788. The maximum atomic E-state index is 9.64. The Morgan fingerprint density at radius 2 is 2.15 bits per heavy atom. The normalized spacial score (nSPS) is 19.5. The lowest BCUT2D eigenvalue weighted by atomic mass is 10.1. The molecule has 1 saturated heterocycles. The third kappa shape index (κ3) is 4.26. The molecule has 0 radical (unpaired) electrons. The largest absolute Gasteiger partial charge is 0.506 e. The van der Waals surface area contributed by atoms with Crippen molar-refractivity contribution < 1.29 is 9.84 Å². The van der Waals surface area contributed by atoms with Crippen LogP contribution in [0.5, 0.6) is 5.75 Å². The van der Waals surface area contributed by atoms with Gasteiger partial charge in [0.1, 0.15) is 5.75 Å². The predicted molar refractivity (Wildman–Crippen MR) is 82.7 cm³/mol. The van der Waals surface area contributed by atoms with Gasteiger partial charge in [0.2, 0.25) is 0 Å². The lowest BCUT2D eigenvalue weighted by molar-refractivity contribution is 0.00641. The Bertz CT molecular complexity index is 448. The third-order valence-corrected chi connectivity index (χ3v) is 4.48. The summed E-state index contributed by atoms with van der Waals surface area (Å²) < 4.78 is 5.73. The van der Waals surface area contributed by atoms with Crippen LogP contribution in [0.15, 0.2) is 12.1 Å². The van der Waals surface area contributed by atoms with Crippen LogP contribution in [0.25, 0.3) is 0 Å². The molecule has 1 aromatic rings. The molecule has 0 aliphatic carbocycles. The SMILES string of the molecule is CN(CCC1CCCCO1)Cc1c(Cl)ccc(O)c1Cl. The highest BCUT2D eigenvalue weighted by Gasteiger charge is 2.16. The molecule has 1 unspecified atom stereocenters. The number of hydrogen-bond donors (Lipinski definition) is 1. The molecule has 0 saturated carbocycles. The summed E-state index contributed by atoms with van der Waals surface area (Å²) in [6, 6.07) is 3.19. The van der Waals surface area contributed by atoms with Crippen molar-refractivity contribution in [3.8, 4) is 5.75 Å². The summed E-state index contributed by atoms with van der Waals surface area (Å²) >= 11 is 12.3. The molecule has 0 bridgehead atoms. The van der Waals surface area contributed by atoms with Crippen LogP contribution >= 0.6 is 23.2 Å². The molecule has 2 rings (SSSR count). The number of nitrogens with zero attached hydrogens (tertiary/aromatic N) is 1. The van der Waals surface area contributed by atoms with Crippen molar-refractivity contribution >= 4 is 23.2 Å². The molecule has 20 heavy (non-hydrogen) atoms. The highest BCUT2D eigenvalue weighted by Crippen LogP contribution is 2.33. The number of hydrogen-bond acceptors (Lipinski definition) is 3. The molecule has 1 aliphatic rings. The van der Waals surface area contributed by atoms with Gasteiger partial charge in [-0.1, -0.05) is 23.2 Å². The van der Waals surface area contributed by atoms with Gasteiger partial charge in [-0.2, -0.15) is 0 Å². The molecular weight excluding hydrogens is 297 g/mol. The Hall–Kier alpha value is -0.480. The minimum absolute atomic E-state index is 0.0788. The highest BCUT2D eigenvalue weighted by molar-refractivity contribution is 6.36. The Balaban J connectivity index is 1.88. The van der Waals surface area contributed by atoms with Gasteiger partial charge < -0.3 is 14.7 Å². The van der Waals surface area contributed by atoms with Gasteiger partial charge >= 0.3 is 0 Å². The van der Waals surface area contributed by atoms with Crippen LogP contribution in [0.4, 0.5) is 0 Å². The van der Waals surface area contributed by atoms with Crippen molar-refractivity contribution in [2.45, 2.75) is 38.3 Å².